The Morgan fingerprint density at radius 2 is 1.88 bits per heavy atom. The molecule has 0 radical (unpaired) electrons. The summed E-state index contributed by atoms with van der Waals surface area (Å²) in [5.41, 5.74) is 1.33. The topological polar surface area (TPSA) is 79.4 Å². The number of hydrogen-bond donors (Lipinski definition) is 1. The van der Waals surface area contributed by atoms with Gasteiger partial charge >= 0.3 is 0 Å². The largest absolute Gasteiger partial charge is 0.352 e. The van der Waals surface area contributed by atoms with Crippen LogP contribution in [0.1, 0.15) is 28.5 Å². The Labute approximate surface area is 195 Å². The monoisotopic (exact) mass is 453 g/mol. The first-order chi connectivity index (χ1) is 16.4. The average molecular weight is 453 g/mol. The number of amides is 1. The summed E-state index contributed by atoms with van der Waals surface area (Å²) in [6.45, 7) is 1.43. The van der Waals surface area contributed by atoms with Crippen LogP contribution in [0.25, 0.3) is 6.08 Å². The number of fused-ring (bicyclic) bond motifs is 6. The van der Waals surface area contributed by atoms with Crippen molar-refractivity contribution >= 4 is 34.9 Å². The zero-order chi connectivity index (χ0) is 23.6. The summed E-state index contributed by atoms with van der Waals surface area (Å²) < 4.78 is 14.0. The molecule has 1 N–H and O–H groups in total. The molecule has 0 unspecified atom stereocenters. The second-order valence-corrected chi connectivity index (χ2v) is 8.90. The maximum atomic E-state index is 14.1. The van der Waals surface area contributed by atoms with Gasteiger partial charge in [0.25, 0.3) is 0 Å². The molecule has 3 aliphatic rings. The number of Topliss-reactive ketones (excluding diaryl/α,β-unsaturated/α-hetero) is 2. The van der Waals surface area contributed by atoms with Gasteiger partial charge in [-0.25, -0.2) is 4.39 Å². The van der Waals surface area contributed by atoms with Gasteiger partial charge < -0.3 is 10.2 Å². The average Bonchev–Trinajstić information content (AvgIpc) is 3.32. The van der Waals surface area contributed by atoms with Crippen LogP contribution in [0.3, 0.4) is 0 Å². The number of rotatable bonds is 3. The van der Waals surface area contributed by atoms with E-state index in [-0.39, 0.29) is 23.2 Å². The van der Waals surface area contributed by atoms with E-state index in [1.807, 2.05) is 29.2 Å². The van der Waals surface area contributed by atoms with Gasteiger partial charge in [-0.05, 0) is 48.9 Å². The molecule has 6 rings (SSSR count). The number of anilines is 2. The smallest absolute Gasteiger partial charge is 0.238 e. The van der Waals surface area contributed by atoms with Gasteiger partial charge in [-0.2, -0.15) is 0 Å². The zero-order valence-electron chi connectivity index (χ0n) is 18.2. The van der Waals surface area contributed by atoms with Crippen LogP contribution in [-0.2, 0) is 15.0 Å². The van der Waals surface area contributed by atoms with E-state index in [1.165, 1.54) is 25.3 Å². The molecule has 1 aromatic heterocycles. The molecule has 4 atom stereocenters. The molecule has 4 heterocycles. The lowest BCUT2D eigenvalue weighted by molar-refractivity contribution is -0.122. The molecule has 6 nitrogen and oxygen atoms in total. The summed E-state index contributed by atoms with van der Waals surface area (Å²) >= 11 is 0. The SMILES string of the molecule is CC(=O)[C@@H]1[C@H](C(=O)c2ccccn2)[C@]2(C(=O)Nc3ccccc32)[C@@H]2C=Cc3cc(F)ccc3N12. The summed E-state index contributed by atoms with van der Waals surface area (Å²) in [4.78, 5) is 47.3. The van der Waals surface area contributed by atoms with Crippen molar-refractivity contribution in [1.82, 2.24) is 4.98 Å². The van der Waals surface area contributed by atoms with E-state index in [4.69, 9.17) is 0 Å². The summed E-state index contributed by atoms with van der Waals surface area (Å²) in [6.07, 6.45) is 5.09. The maximum absolute atomic E-state index is 14.1. The molecule has 34 heavy (non-hydrogen) atoms. The predicted octanol–water partition coefficient (Wildman–Crippen LogP) is 3.78. The summed E-state index contributed by atoms with van der Waals surface area (Å²) in [5.74, 6) is -2.40. The maximum Gasteiger partial charge on any atom is 0.238 e. The third kappa shape index (κ3) is 2.55. The van der Waals surface area contributed by atoms with Gasteiger partial charge in [-0.1, -0.05) is 36.4 Å². The molecule has 0 aliphatic carbocycles. The molecule has 1 amide bonds. The highest BCUT2D eigenvalue weighted by Crippen LogP contribution is 2.57. The summed E-state index contributed by atoms with van der Waals surface area (Å²) in [7, 11) is 0. The third-order valence-electron chi connectivity index (χ3n) is 7.21. The lowest BCUT2D eigenvalue weighted by Gasteiger charge is -2.37. The van der Waals surface area contributed by atoms with Crippen molar-refractivity contribution in [3.63, 3.8) is 0 Å². The van der Waals surface area contributed by atoms with Crippen molar-refractivity contribution in [3.8, 4) is 0 Å². The van der Waals surface area contributed by atoms with Crippen LogP contribution >= 0.6 is 0 Å². The standard InChI is InChI=1S/C27H20FN3O3/c1-15(32)24-23(25(33)20-8-4-5-13-29-20)27(18-6-2-3-7-19(18)30-26(27)34)22-12-9-16-14-17(28)10-11-21(16)31(22)24/h2-14,22-24H,1H3,(H,30,34)/t22-,23+,24+,27+/m0/s1. The fourth-order valence-electron chi connectivity index (χ4n) is 5.97. The Bertz CT molecular complexity index is 1400. The van der Waals surface area contributed by atoms with Crippen LogP contribution in [0.2, 0.25) is 0 Å². The number of carbonyl (C=O) groups excluding carboxylic acids is 3. The number of halogens is 1. The minimum atomic E-state index is -1.36. The van der Waals surface area contributed by atoms with E-state index in [9.17, 15) is 18.8 Å². The van der Waals surface area contributed by atoms with Gasteiger partial charge in [0.2, 0.25) is 5.91 Å². The van der Waals surface area contributed by atoms with Gasteiger partial charge in [0, 0.05) is 23.1 Å². The number of carbonyl (C=O) groups is 3. The van der Waals surface area contributed by atoms with Crippen molar-refractivity contribution in [2.75, 3.05) is 10.2 Å². The minimum Gasteiger partial charge on any atom is -0.352 e. The Balaban J connectivity index is 1.67. The van der Waals surface area contributed by atoms with Gasteiger partial charge in [0.15, 0.2) is 11.6 Å². The van der Waals surface area contributed by atoms with Gasteiger partial charge in [0.1, 0.15) is 16.9 Å². The number of nitrogens with one attached hydrogen (secondary N) is 1. The molecule has 7 heteroatoms. The summed E-state index contributed by atoms with van der Waals surface area (Å²) in [6, 6.07) is 15.1. The van der Waals surface area contributed by atoms with Gasteiger partial charge in [-0.3, -0.25) is 19.4 Å². The Kier molecular flexibility index (Phi) is 4.33. The molecule has 2 aromatic carbocycles. The number of ketones is 2. The number of hydrogen-bond acceptors (Lipinski definition) is 5. The number of pyridine rings is 1. The Morgan fingerprint density at radius 3 is 2.65 bits per heavy atom. The van der Waals surface area contributed by atoms with Crippen molar-refractivity contribution in [2.45, 2.75) is 24.4 Å². The van der Waals surface area contributed by atoms with Crippen molar-refractivity contribution in [3.05, 3.63) is 95.6 Å². The van der Waals surface area contributed by atoms with E-state index in [0.717, 1.165) is 0 Å². The molecular formula is C27H20FN3O3. The van der Waals surface area contributed by atoms with Gasteiger partial charge in [-0.15, -0.1) is 0 Å². The molecule has 3 aromatic rings. The van der Waals surface area contributed by atoms with E-state index in [1.54, 1.807) is 36.4 Å². The van der Waals surface area contributed by atoms with Crippen molar-refractivity contribution < 1.29 is 18.8 Å². The van der Waals surface area contributed by atoms with Crippen LogP contribution in [0.15, 0.2) is 72.9 Å². The van der Waals surface area contributed by atoms with Crippen LogP contribution in [-0.4, -0.2) is 34.5 Å². The number of para-hydroxylation sites is 1. The first-order valence-electron chi connectivity index (χ1n) is 11.1. The van der Waals surface area contributed by atoms with Crippen molar-refractivity contribution in [2.24, 2.45) is 5.92 Å². The molecule has 3 aliphatic heterocycles. The highest BCUT2D eigenvalue weighted by atomic mass is 19.1. The number of nitrogens with zero attached hydrogens (tertiary/aromatic N) is 2. The third-order valence-corrected chi connectivity index (χ3v) is 7.21. The Morgan fingerprint density at radius 1 is 1.09 bits per heavy atom. The molecule has 1 saturated heterocycles. The summed E-state index contributed by atoms with van der Waals surface area (Å²) in [5, 5.41) is 2.95. The van der Waals surface area contributed by atoms with E-state index in [2.05, 4.69) is 10.3 Å². The second kappa shape index (κ2) is 7.18. The molecule has 1 fully saturated rings. The first kappa shape index (κ1) is 20.5. The van der Waals surface area contributed by atoms with Crippen LogP contribution < -0.4 is 10.2 Å². The van der Waals surface area contributed by atoms with Crippen molar-refractivity contribution in [1.29, 1.82) is 0 Å². The fraction of sp³-hybridized carbons (Fsp3) is 0.185. The molecule has 168 valence electrons. The highest BCUT2D eigenvalue weighted by Gasteiger charge is 2.70. The number of benzene rings is 2. The number of aromatic nitrogens is 1. The lowest BCUT2D eigenvalue weighted by Crippen LogP contribution is -2.51. The molecular weight excluding hydrogens is 433 g/mol. The van der Waals surface area contributed by atoms with E-state index < -0.39 is 29.2 Å². The quantitative estimate of drug-likeness (QED) is 0.611. The van der Waals surface area contributed by atoms with E-state index >= 15 is 0 Å². The van der Waals surface area contributed by atoms with Crippen LogP contribution in [0, 0.1) is 11.7 Å². The molecule has 0 saturated carbocycles. The fourth-order valence-corrected chi connectivity index (χ4v) is 5.97. The highest BCUT2D eigenvalue weighted by molar-refractivity contribution is 6.16. The lowest BCUT2D eigenvalue weighted by atomic mass is 9.64. The van der Waals surface area contributed by atoms with Crippen LogP contribution in [0.4, 0.5) is 15.8 Å². The molecule has 0 bridgehead atoms. The predicted molar refractivity (Wildman–Crippen MR) is 125 cm³/mol. The minimum absolute atomic E-state index is 0.193. The normalized spacial score (nSPS) is 26.1. The zero-order valence-corrected chi connectivity index (χ0v) is 18.2. The van der Waals surface area contributed by atoms with E-state index in [0.29, 0.717) is 22.5 Å². The van der Waals surface area contributed by atoms with Gasteiger partial charge in [0.05, 0.1) is 18.0 Å². The Hall–Kier alpha value is -4.13. The molecule has 1 spiro atoms. The van der Waals surface area contributed by atoms with Crippen LogP contribution in [0.5, 0.6) is 0 Å². The second-order valence-electron chi connectivity index (χ2n) is 8.90. The first-order valence-corrected chi connectivity index (χ1v) is 11.1.